The molecule has 1 aromatic heterocycles. The summed E-state index contributed by atoms with van der Waals surface area (Å²) in [6.07, 6.45) is 0.943. The average molecular weight is 246 g/mol. The third kappa shape index (κ3) is 2.50. The summed E-state index contributed by atoms with van der Waals surface area (Å²) in [6, 6.07) is 9.26. The summed E-state index contributed by atoms with van der Waals surface area (Å²) in [4.78, 5) is 0. The number of nitrogens with zero attached hydrogens (tertiary/aromatic N) is 1. The first-order chi connectivity index (χ1) is 8.74. The van der Waals surface area contributed by atoms with Crippen LogP contribution in [-0.4, -0.2) is 6.54 Å². The van der Waals surface area contributed by atoms with Crippen molar-refractivity contribution in [2.45, 2.75) is 6.10 Å². The number of ether oxygens (including phenoxy) is 1. The number of furan rings is 1. The molecule has 2 aromatic rings. The van der Waals surface area contributed by atoms with Crippen LogP contribution in [0.5, 0.6) is 5.75 Å². The van der Waals surface area contributed by atoms with Crippen LogP contribution in [0.15, 0.2) is 41.0 Å². The molecule has 1 atom stereocenters. The molecule has 5 heteroatoms. The van der Waals surface area contributed by atoms with Gasteiger partial charge in [0.05, 0.1) is 17.9 Å². The molecule has 0 fully saturated rings. The zero-order chi connectivity index (χ0) is 13.0. The van der Waals surface area contributed by atoms with Crippen LogP contribution in [0, 0.1) is 17.1 Å². The lowest BCUT2D eigenvalue weighted by molar-refractivity contribution is 0.176. The topological polar surface area (TPSA) is 72.2 Å². The SMILES string of the molecule is N#Cc1ccc(OC(CN)c2ccco2)c(F)c1. The molecule has 2 N–H and O–H groups in total. The van der Waals surface area contributed by atoms with Gasteiger partial charge in [-0.15, -0.1) is 0 Å². The average Bonchev–Trinajstić information content (AvgIpc) is 2.91. The normalized spacial score (nSPS) is 11.8. The van der Waals surface area contributed by atoms with Crippen molar-refractivity contribution in [2.24, 2.45) is 5.73 Å². The van der Waals surface area contributed by atoms with E-state index in [9.17, 15) is 4.39 Å². The molecule has 2 rings (SSSR count). The third-order valence-electron chi connectivity index (χ3n) is 2.40. The Morgan fingerprint density at radius 1 is 1.44 bits per heavy atom. The Balaban J connectivity index is 2.20. The van der Waals surface area contributed by atoms with Crippen LogP contribution in [0.3, 0.4) is 0 Å². The highest BCUT2D eigenvalue weighted by Crippen LogP contribution is 2.25. The van der Waals surface area contributed by atoms with Crippen LogP contribution < -0.4 is 10.5 Å². The summed E-state index contributed by atoms with van der Waals surface area (Å²) in [7, 11) is 0. The summed E-state index contributed by atoms with van der Waals surface area (Å²) in [5, 5.41) is 8.64. The second kappa shape index (κ2) is 5.34. The summed E-state index contributed by atoms with van der Waals surface area (Å²) in [6.45, 7) is 0.160. The molecule has 0 saturated carbocycles. The monoisotopic (exact) mass is 246 g/mol. The molecule has 18 heavy (non-hydrogen) atoms. The standard InChI is InChI=1S/C13H11FN2O2/c14-10-6-9(7-15)3-4-11(10)18-13(8-16)12-2-1-5-17-12/h1-6,13H,8,16H2. The van der Waals surface area contributed by atoms with Crippen LogP contribution in [0.25, 0.3) is 0 Å². The van der Waals surface area contributed by atoms with Crippen molar-refractivity contribution in [3.05, 3.63) is 53.7 Å². The number of hydrogen-bond donors (Lipinski definition) is 1. The van der Waals surface area contributed by atoms with E-state index in [1.807, 2.05) is 6.07 Å². The zero-order valence-corrected chi connectivity index (χ0v) is 9.47. The van der Waals surface area contributed by atoms with Crippen molar-refractivity contribution in [2.75, 3.05) is 6.54 Å². The lowest BCUT2D eigenvalue weighted by Gasteiger charge is -2.15. The lowest BCUT2D eigenvalue weighted by atomic mass is 10.2. The van der Waals surface area contributed by atoms with E-state index >= 15 is 0 Å². The van der Waals surface area contributed by atoms with Gasteiger partial charge in [-0.2, -0.15) is 5.26 Å². The summed E-state index contributed by atoms with van der Waals surface area (Å²) < 4.78 is 24.2. The van der Waals surface area contributed by atoms with Gasteiger partial charge in [0.1, 0.15) is 5.76 Å². The van der Waals surface area contributed by atoms with Crippen molar-refractivity contribution >= 4 is 0 Å². The van der Waals surface area contributed by atoms with E-state index in [1.165, 1.54) is 18.4 Å². The van der Waals surface area contributed by atoms with E-state index < -0.39 is 11.9 Å². The summed E-state index contributed by atoms with van der Waals surface area (Å²) >= 11 is 0. The summed E-state index contributed by atoms with van der Waals surface area (Å²) in [5.74, 6) is -0.0267. The van der Waals surface area contributed by atoms with E-state index in [-0.39, 0.29) is 17.9 Å². The molecule has 0 saturated heterocycles. The van der Waals surface area contributed by atoms with E-state index in [4.69, 9.17) is 20.1 Å². The maximum Gasteiger partial charge on any atom is 0.168 e. The zero-order valence-electron chi connectivity index (χ0n) is 9.47. The Kier molecular flexibility index (Phi) is 3.60. The van der Waals surface area contributed by atoms with E-state index in [2.05, 4.69) is 0 Å². The first-order valence-corrected chi connectivity index (χ1v) is 5.34. The molecule has 0 radical (unpaired) electrons. The Morgan fingerprint density at radius 3 is 2.83 bits per heavy atom. The molecule has 0 amide bonds. The fourth-order valence-electron chi connectivity index (χ4n) is 1.52. The predicted octanol–water partition coefficient (Wildman–Crippen LogP) is 2.37. The Labute approximate surface area is 103 Å². The van der Waals surface area contributed by atoms with Crippen LogP contribution >= 0.6 is 0 Å². The maximum absolute atomic E-state index is 13.6. The number of halogens is 1. The summed E-state index contributed by atoms with van der Waals surface area (Å²) in [5.41, 5.74) is 5.80. The minimum Gasteiger partial charge on any atom is -0.478 e. The molecular weight excluding hydrogens is 235 g/mol. The Morgan fingerprint density at radius 2 is 2.28 bits per heavy atom. The molecule has 0 aliphatic heterocycles. The number of hydrogen-bond acceptors (Lipinski definition) is 4. The van der Waals surface area contributed by atoms with Gasteiger partial charge in [-0.05, 0) is 30.3 Å². The van der Waals surface area contributed by atoms with Gasteiger partial charge in [0, 0.05) is 6.54 Å². The van der Waals surface area contributed by atoms with Gasteiger partial charge in [-0.1, -0.05) is 0 Å². The van der Waals surface area contributed by atoms with Crippen molar-refractivity contribution in [1.29, 1.82) is 5.26 Å². The van der Waals surface area contributed by atoms with Gasteiger partial charge < -0.3 is 14.9 Å². The van der Waals surface area contributed by atoms with Crippen LogP contribution in [0.1, 0.15) is 17.4 Å². The van der Waals surface area contributed by atoms with Gasteiger partial charge in [0.25, 0.3) is 0 Å². The van der Waals surface area contributed by atoms with Gasteiger partial charge in [-0.3, -0.25) is 0 Å². The number of nitrogens with two attached hydrogens (primary N) is 1. The first-order valence-electron chi connectivity index (χ1n) is 5.34. The minimum atomic E-state index is -0.598. The number of benzene rings is 1. The van der Waals surface area contributed by atoms with Gasteiger partial charge in [-0.25, -0.2) is 4.39 Å². The molecule has 0 spiro atoms. The quantitative estimate of drug-likeness (QED) is 0.898. The predicted molar refractivity (Wildman–Crippen MR) is 62.2 cm³/mol. The fraction of sp³-hybridized carbons (Fsp3) is 0.154. The lowest BCUT2D eigenvalue weighted by Crippen LogP contribution is -2.18. The van der Waals surface area contributed by atoms with E-state index in [0.29, 0.717) is 5.76 Å². The van der Waals surface area contributed by atoms with Crippen LogP contribution in [0.2, 0.25) is 0 Å². The fourth-order valence-corrected chi connectivity index (χ4v) is 1.52. The highest BCUT2D eigenvalue weighted by molar-refractivity contribution is 5.36. The third-order valence-corrected chi connectivity index (χ3v) is 2.40. The Bertz CT molecular complexity index is 561. The smallest absolute Gasteiger partial charge is 0.168 e. The van der Waals surface area contributed by atoms with Gasteiger partial charge in [0.2, 0.25) is 0 Å². The molecule has 1 unspecified atom stereocenters. The molecular formula is C13H11FN2O2. The number of nitriles is 1. The van der Waals surface area contributed by atoms with Crippen molar-refractivity contribution in [1.82, 2.24) is 0 Å². The van der Waals surface area contributed by atoms with E-state index in [0.717, 1.165) is 6.07 Å². The highest BCUT2D eigenvalue weighted by atomic mass is 19.1. The maximum atomic E-state index is 13.6. The second-order valence-corrected chi connectivity index (χ2v) is 3.61. The highest BCUT2D eigenvalue weighted by Gasteiger charge is 2.16. The Hall–Kier alpha value is -2.32. The van der Waals surface area contributed by atoms with Gasteiger partial charge in [0.15, 0.2) is 17.7 Å². The van der Waals surface area contributed by atoms with Crippen LogP contribution in [-0.2, 0) is 0 Å². The molecule has 0 bridgehead atoms. The second-order valence-electron chi connectivity index (χ2n) is 3.61. The molecule has 0 aliphatic rings. The van der Waals surface area contributed by atoms with Crippen molar-refractivity contribution in [3.8, 4) is 11.8 Å². The van der Waals surface area contributed by atoms with Gasteiger partial charge >= 0.3 is 0 Å². The first kappa shape index (κ1) is 12.1. The number of rotatable bonds is 4. The minimum absolute atomic E-state index is 0.0425. The van der Waals surface area contributed by atoms with E-state index in [1.54, 1.807) is 12.1 Å². The largest absolute Gasteiger partial charge is 0.478 e. The van der Waals surface area contributed by atoms with Crippen molar-refractivity contribution in [3.63, 3.8) is 0 Å². The molecule has 1 heterocycles. The molecule has 4 nitrogen and oxygen atoms in total. The van der Waals surface area contributed by atoms with Crippen LogP contribution in [0.4, 0.5) is 4.39 Å². The molecule has 0 aliphatic carbocycles. The molecule has 92 valence electrons. The molecule has 1 aromatic carbocycles. The van der Waals surface area contributed by atoms with Crippen molar-refractivity contribution < 1.29 is 13.5 Å².